The number of carbonyl (C=O) groups excluding carboxylic acids is 1. The van der Waals surface area contributed by atoms with Crippen molar-refractivity contribution in [2.75, 3.05) is 25.0 Å². The van der Waals surface area contributed by atoms with Gasteiger partial charge in [-0.3, -0.25) is 9.69 Å². The first-order chi connectivity index (χ1) is 8.95. The Morgan fingerprint density at radius 1 is 1.37 bits per heavy atom. The van der Waals surface area contributed by atoms with E-state index in [-0.39, 0.29) is 18.0 Å². The van der Waals surface area contributed by atoms with Crippen molar-refractivity contribution in [1.82, 2.24) is 4.90 Å². The van der Waals surface area contributed by atoms with E-state index in [0.717, 1.165) is 17.8 Å². The fraction of sp³-hybridized carbons (Fsp3) is 0.533. The van der Waals surface area contributed by atoms with Crippen LogP contribution >= 0.6 is 0 Å². The normalized spacial score (nSPS) is 24.9. The Kier molecular flexibility index (Phi) is 3.92. The van der Waals surface area contributed by atoms with E-state index in [4.69, 9.17) is 5.73 Å². The second kappa shape index (κ2) is 5.31. The van der Waals surface area contributed by atoms with Gasteiger partial charge in [-0.1, -0.05) is 12.1 Å². The quantitative estimate of drug-likeness (QED) is 0.873. The maximum Gasteiger partial charge on any atom is 0.245 e. The Morgan fingerprint density at radius 3 is 2.68 bits per heavy atom. The van der Waals surface area contributed by atoms with Crippen LogP contribution < -0.4 is 10.6 Å². The van der Waals surface area contributed by atoms with E-state index >= 15 is 0 Å². The van der Waals surface area contributed by atoms with Gasteiger partial charge in [0.25, 0.3) is 0 Å². The van der Waals surface area contributed by atoms with Gasteiger partial charge in [0.05, 0.1) is 0 Å². The van der Waals surface area contributed by atoms with Crippen LogP contribution in [0, 0.1) is 13.8 Å². The molecule has 19 heavy (non-hydrogen) atoms. The molecule has 1 aromatic carbocycles. The predicted octanol–water partition coefficient (Wildman–Crippen LogP) is 1.30. The highest BCUT2D eigenvalue weighted by Crippen LogP contribution is 2.27. The largest absolute Gasteiger partial charge is 0.328 e. The first-order valence-corrected chi connectivity index (χ1v) is 6.76. The predicted molar refractivity (Wildman–Crippen MR) is 78.3 cm³/mol. The minimum atomic E-state index is -0.212. The molecule has 2 atom stereocenters. The molecule has 0 aromatic heterocycles. The van der Waals surface area contributed by atoms with E-state index in [2.05, 4.69) is 36.9 Å². The second-order valence-corrected chi connectivity index (χ2v) is 5.54. The Balaban J connectivity index is 2.42. The van der Waals surface area contributed by atoms with Gasteiger partial charge >= 0.3 is 0 Å². The molecule has 0 spiro atoms. The lowest BCUT2D eigenvalue weighted by Crippen LogP contribution is -2.62. The van der Waals surface area contributed by atoms with Crippen LogP contribution in [-0.2, 0) is 4.79 Å². The molecule has 0 saturated carbocycles. The molecule has 2 unspecified atom stereocenters. The number of benzene rings is 1. The van der Waals surface area contributed by atoms with Gasteiger partial charge < -0.3 is 10.6 Å². The van der Waals surface area contributed by atoms with Crippen molar-refractivity contribution in [3.8, 4) is 0 Å². The molecule has 4 nitrogen and oxygen atoms in total. The van der Waals surface area contributed by atoms with Gasteiger partial charge in [0.1, 0.15) is 6.04 Å². The summed E-state index contributed by atoms with van der Waals surface area (Å²) in [5.74, 6) is 0.109. The molecule has 1 fully saturated rings. The van der Waals surface area contributed by atoms with E-state index in [9.17, 15) is 4.79 Å². The highest BCUT2D eigenvalue weighted by Gasteiger charge is 2.37. The number of hydrogen-bond acceptors (Lipinski definition) is 3. The molecule has 4 heteroatoms. The minimum Gasteiger partial charge on any atom is -0.328 e. The molecular weight excluding hydrogens is 238 g/mol. The monoisotopic (exact) mass is 261 g/mol. The van der Waals surface area contributed by atoms with Crippen molar-refractivity contribution in [1.29, 1.82) is 0 Å². The zero-order chi connectivity index (χ0) is 14.2. The standard InChI is InChI=1S/C15H23N3O/c1-10-5-6-11(2)13(7-10)18-12(3)9-17(4)14(8-16)15(18)19/h5-7,12,14H,8-9,16H2,1-4H3. The van der Waals surface area contributed by atoms with Gasteiger partial charge in [-0.15, -0.1) is 0 Å². The lowest BCUT2D eigenvalue weighted by atomic mass is 10.0. The van der Waals surface area contributed by atoms with Crippen LogP contribution in [0.3, 0.4) is 0 Å². The maximum atomic E-state index is 12.6. The van der Waals surface area contributed by atoms with E-state index in [0.29, 0.717) is 6.54 Å². The fourth-order valence-electron chi connectivity index (χ4n) is 2.81. The highest BCUT2D eigenvalue weighted by atomic mass is 16.2. The van der Waals surface area contributed by atoms with Gasteiger partial charge in [-0.2, -0.15) is 0 Å². The number of aryl methyl sites for hydroxylation is 2. The van der Waals surface area contributed by atoms with Crippen molar-refractivity contribution in [2.45, 2.75) is 32.9 Å². The van der Waals surface area contributed by atoms with Crippen LogP contribution in [0.5, 0.6) is 0 Å². The Labute approximate surface area is 115 Å². The number of nitrogens with zero attached hydrogens (tertiary/aromatic N) is 2. The number of carbonyl (C=O) groups is 1. The maximum absolute atomic E-state index is 12.6. The molecule has 1 heterocycles. The molecule has 2 rings (SSSR count). The third-order valence-corrected chi connectivity index (χ3v) is 3.89. The fourth-order valence-corrected chi connectivity index (χ4v) is 2.81. The number of nitrogens with two attached hydrogens (primary N) is 1. The smallest absolute Gasteiger partial charge is 0.245 e. The number of rotatable bonds is 2. The van der Waals surface area contributed by atoms with Crippen molar-refractivity contribution >= 4 is 11.6 Å². The van der Waals surface area contributed by atoms with E-state index < -0.39 is 0 Å². The number of hydrogen-bond donors (Lipinski definition) is 1. The highest BCUT2D eigenvalue weighted by molar-refractivity contribution is 5.99. The zero-order valence-corrected chi connectivity index (χ0v) is 12.2. The summed E-state index contributed by atoms with van der Waals surface area (Å²) in [4.78, 5) is 16.6. The molecule has 1 aromatic rings. The van der Waals surface area contributed by atoms with Crippen LogP contribution in [0.4, 0.5) is 5.69 Å². The third-order valence-electron chi connectivity index (χ3n) is 3.89. The van der Waals surface area contributed by atoms with Crippen LogP contribution in [0.2, 0.25) is 0 Å². The molecule has 104 valence electrons. The zero-order valence-electron chi connectivity index (χ0n) is 12.2. The summed E-state index contributed by atoms with van der Waals surface area (Å²) < 4.78 is 0. The van der Waals surface area contributed by atoms with Gasteiger partial charge in [0.15, 0.2) is 0 Å². The number of likely N-dealkylation sites (N-methyl/N-ethyl adjacent to an activating group) is 1. The van der Waals surface area contributed by atoms with Gasteiger partial charge in [0.2, 0.25) is 5.91 Å². The first kappa shape index (κ1) is 14.0. The molecule has 1 saturated heterocycles. The van der Waals surface area contributed by atoms with E-state index in [1.54, 1.807) is 0 Å². The van der Waals surface area contributed by atoms with Crippen LogP contribution in [0.1, 0.15) is 18.1 Å². The molecule has 0 radical (unpaired) electrons. The summed E-state index contributed by atoms with van der Waals surface area (Å²) in [5.41, 5.74) is 9.07. The number of amides is 1. The number of anilines is 1. The molecule has 0 aliphatic carbocycles. The minimum absolute atomic E-state index is 0.109. The molecule has 1 amide bonds. The second-order valence-electron chi connectivity index (χ2n) is 5.54. The summed E-state index contributed by atoms with van der Waals surface area (Å²) in [7, 11) is 1.96. The third kappa shape index (κ3) is 2.51. The van der Waals surface area contributed by atoms with Gasteiger partial charge in [-0.25, -0.2) is 0 Å². The average molecular weight is 261 g/mol. The lowest BCUT2D eigenvalue weighted by molar-refractivity contribution is -0.125. The summed E-state index contributed by atoms with van der Waals surface area (Å²) in [6.07, 6.45) is 0. The van der Waals surface area contributed by atoms with Gasteiger partial charge in [-0.05, 0) is 45.0 Å². The summed E-state index contributed by atoms with van der Waals surface area (Å²) in [6.45, 7) is 7.40. The van der Waals surface area contributed by atoms with E-state index in [1.165, 1.54) is 5.56 Å². The summed E-state index contributed by atoms with van der Waals surface area (Å²) in [5, 5.41) is 0. The lowest BCUT2D eigenvalue weighted by Gasteiger charge is -2.43. The van der Waals surface area contributed by atoms with E-state index in [1.807, 2.05) is 18.9 Å². The first-order valence-electron chi connectivity index (χ1n) is 6.76. The van der Waals surface area contributed by atoms with Gasteiger partial charge in [0, 0.05) is 24.8 Å². The average Bonchev–Trinajstić information content (AvgIpc) is 2.33. The molecular formula is C15H23N3O. The Morgan fingerprint density at radius 2 is 2.05 bits per heavy atom. The number of piperazine rings is 1. The molecule has 1 aliphatic rings. The van der Waals surface area contributed by atoms with Crippen LogP contribution in [0.15, 0.2) is 18.2 Å². The summed E-state index contributed by atoms with van der Waals surface area (Å²) in [6, 6.07) is 6.19. The van der Waals surface area contributed by atoms with Crippen molar-refractivity contribution in [3.63, 3.8) is 0 Å². The Hall–Kier alpha value is -1.39. The molecule has 2 N–H and O–H groups in total. The van der Waals surface area contributed by atoms with Crippen LogP contribution in [-0.4, -0.2) is 43.0 Å². The topological polar surface area (TPSA) is 49.6 Å². The SMILES string of the molecule is Cc1ccc(C)c(N2C(=O)C(CN)N(C)CC2C)c1. The Bertz CT molecular complexity index is 486. The van der Waals surface area contributed by atoms with Crippen LogP contribution in [0.25, 0.3) is 0 Å². The van der Waals surface area contributed by atoms with Crippen molar-refractivity contribution in [3.05, 3.63) is 29.3 Å². The summed E-state index contributed by atoms with van der Waals surface area (Å²) >= 11 is 0. The molecule has 0 bridgehead atoms. The van der Waals surface area contributed by atoms with Crippen molar-refractivity contribution in [2.24, 2.45) is 5.73 Å². The molecule has 1 aliphatic heterocycles. The van der Waals surface area contributed by atoms with Crippen molar-refractivity contribution < 1.29 is 4.79 Å².